The summed E-state index contributed by atoms with van der Waals surface area (Å²) in [5.74, 6) is -0.238. The molecule has 3 nitrogen and oxygen atoms in total. The minimum atomic E-state index is -0.238. The lowest BCUT2D eigenvalue weighted by Gasteiger charge is -2.11. The van der Waals surface area contributed by atoms with Crippen molar-refractivity contribution in [2.24, 2.45) is 5.73 Å². The average molecular weight is 225 g/mol. The summed E-state index contributed by atoms with van der Waals surface area (Å²) in [6.45, 7) is 2.22. The first kappa shape index (κ1) is 10.8. The van der Waals surface area contributed by atoms with Crippen molar-refractivity contribution in [1.82, 2.24) is 0 Å². The van der Waals surface area contributed by atoms with Crippen LogP contribution in [0.5, 0.6) is 0 Å². The van der Waals surface area contributed by atoms with Crippen LogP contribution in [0.4, 0.5) is 0 Å². The molecule has 15 heavy (non-hydrogen) atoms. The SMILES string of the molecule is CCOC(=O)C1=C2CCCC=C2SC1N. The molecule has 0 spiro atoms. The molecule has 0 saturated carbocycles. The molecule has 0 aromatic rings. The molecule has 1 heterocycles. The summed E-state index contributed by atoms with van der Waals surface area (Å²) in [5.41, 5.74) is 7.74. The number of ether oxygens (including phenoxy) is 1. The highest BCUT2D eigenvalue weighted by molar-refractivity contribution is 8.04. The number of rotatable bonds is 2. The standard InChI is InChI=1S/C11H15NO2S/c1-2-14-11(13)9-7-5-3-4-6-8(7)15-10(9)12/h6,10H,2-5,12H2,1H3. The second-order valence-corrected chi connectivity index (χ2v) is 4.80. The first-order valence-electron chi connectivity index (χ1n) is 5.27. The number of allylic oxidation sites excluding steroid dienone is 2. The van der Waals surface area contributed by atoms with Crippen LogP contribution in [0.1, 0.15) is 26.2 Å². The maximum atomic E-state index is 11.7. The maximum Gasteiger partial charge on any atom is 0.336 e. The van der Waals surface area contributed by atoms with E-state index in [9.17, 15) is 4.79 Å². The van der Waals surface area contributed by atoms with Gasteiger partial charge in [-0.15, -0.1) is 11.8 Å². The fourth-order valence-electron chi connectivity index (χ4n) is 1.96. The fourth-order valence-corrected chi connectivity index (χ4v) is 3.16. The van der Waals surface area contributed by atoms with E-state index in [1.54, 1.807) is 11.8 Å². The Kier molecular flexibility index (Phi) is 3.17. The molecule has 0 amide bonds. The van der Waals surface area contributed by atoms with Crippen molar-refractivity contribution in [3.63, 3.8) is 0 Å². The second kappa shape index (κ2) is 4.41. The number of hydrogen-bond donors (Lipinski definition) is 1. The van der Waals surface area contributed by atoms with Crippen LogP contribution in [0.2, 0.25) is 0 Å². The Hall–Kier alpha value is -0.740. The van der Waals surface area contributed by atoms with Gasteiger partial charge in [-0.3, -0.25) is 0 Å². The molecule has 0 aromatic heterocycles. The van der Waals surface area contributed by atoms with Gasteiger partial charge < -0.3 is 10.5 Å². The number of thioether (sulfide) groups is 1. The van der Waals surface area contributed by atoms with E-state index in [0.717, 1.165) is 24.8 Å². The molecule has 2 rings (SSSR count). The summed E-state index contributed by atoms with van der Waals surface area (Å²) in [5, 5.41) is -0.233. The van der Waals surface area contributed by atoms with E-state index in [4.69, 9.17) is 10.5 Å². The molecule has 1 aliphatic heterocycles. The lowest BCUT2D eigenvalue weighted by Crippen LogP contribution is -2.23. The van der Waals surface area contributed by atoms with Crippen molar-refractivity contribution in [3.8, 4) is 0 Å². The van der Waals surface area contributed by atoms with E-state index in [1.165, 1.54) is 4.91 Å². The first-order valence-corrected chi connectivity index (χ1v) is 6.15. The average Bonchev–Trinajstić information content (AvgIpc) is 2.54. The number of nitrogens with two attached hydrogens (primary N) is 1. The Morgan fingerprint density at radius 3 is 3.27 bits per heavy atom. The molecule has 2 aliphatic rings. The van der Waals surface area contributed by atoms with Gasteiger partial charge >= 0.3 is 5.97 Å². The van der Waals surface area contributed by atoms with Crippen LogP contribution in [0.15, 0.2) is 22.1 Å². The van der Waals surface area contributed by atoms with Gasteiger partial charge in [0.1, 0.15) is 0 Å². The van der Waals surface area contributed by atoms with Crippen molar-refractivity contribution in [1.29, 1.82) is 0 Å². The van der Waals surface area contributed by atoms with Gasteiger partial charge in [0.25, 0.3) is 0 Å². The summed E-state index contributed by atoms with van der Waals surface area (Å²) < 4.78 is 5.03. The largest absolute Gasteiger partial charge is 0.463 e. The van der Waals surface area contributed by atoms with E-state index >= 15 is 0 Å². The molecule has 0 radical (unpaired) electrons. The van der Waals surface area contributed by atoms with Gasteiger partial charge in [-0.05, 0) is 31.8 Å². The molecule has 0 fully saturated rings. The van der Waals surface area contributed by atoms with E-state index < -0.39 is 0 Å². The Labute approximate surface area is 93.7 Å². The summed E-state index contributed by atoms with van der Waals surface area (Å²) >= 11 is 1.58. The van der Waals surface area contributed by atoms with Gasteiger partial charge in [-0.1, -0.05) is 6.08 Å². The third-order valence-electron chi connectivity index (χ3n) is 2.62. The number of esters is 1. The molecule has 1 aliphatic carbocycles. The molecule has 0 saturated heterocycles. The Morgan fingerprint density at radius 1 is 1.73 bits per heavy atom. The fraction of sp³-hybridized carbons (Fsp3) is 0.545. The number of fused-ring (bicyclic) bond motifs is 1. The Morgan fingerprint density at radius 2 is 2.53 bits per heavy atom. The molecule has 2 N–H and O–H groups in total. The highest BCUT2D eigenvalue weighted by Crippen LogP contribution is 2.44. The van der Waals surface area contributed by atoms with E-state index in [0.29, 0.717) is 12.2 Å². The molecule has 1 unspecified atom stereocenters. The molecular formula is C11H15NO2S. The highest BCUT2D eigenvalue weighted by Gasteiger charge is 2.33. The lowest BCUT2D eigenvalue weighted by molar-refractivity contribution is -0.138. The quantitative estimate of drug-likeness (QED) is 0.730. The molecule has 0 bridgehead atoms. The minimum absolute atomic E-state index is 0.233. The topological polar surface area (TPSA) is 52.3 Å². The molecule has 1 atom stereocenters. The highest BCUT2D eigenvalue weighted by atomic mass is 32.2. The number of carbonyl (C=O) groups excluding carboxylic acids is 1. The van der Waals surface area contributed by atoms with Crippen molar-refractivity contribution >= 4 is 17.7 Å². The smallest absolute Gasteiger partial charge is 0.336 e. The summed E-state index contributed by atoms with van der Waals surface area (Å²) in [6.07, 6.45) is 5.33. The number of carbonyl (C=O) groups is 1. The van der Waals surface area contributed by atoms with Crippen molar-refractivity contribution in [2.75, 3.05) is 6.61 Å². The Balaban J connectivity index is 2.30. The van der Waals surface area contributed by atoms with E-state index in [-0.39, 0.29) is 11.3 Å². The van der Waals surface area contributed by atoms with Crippen LogP contribution in [0, 0.1) is 0 Å². The van der Waals surface area contributed by atoms with Crippen LogP contribution >= 0.6 is 11.8 Å². The van der Waals surface area contributed by atoms with Crippen molar-refractivity contribution < 1.29 is 9.53 Å². The maximum absolute atomic E-state index is 11.7. The Bertz CT molecular complexity index is 346. The predicted molar refractivity (Wildman–Crippen MR) is 61.2 cm³/mol. The van der Waals surface area contributed by atoms with Gasteiger partial charge in [0, 0.05) is 4.91 Å². The summed E-state index contributed by atoms with van der Waals surface area (Å²) in [6, 6.07) is 0. The van der Waals surface area contributed by atoms with Gasteiger partial charge in [0.05, 0.1) is 17.6 Å². The van der Waals surface area contributed by atoms with Crippen LogP contribution in [-0.2, 0) is 9.53 Å². The zero-order valence-electron chi connectivity index (χ0n) is 8.79. The van der Waals surface area contributed by atoms with Crippen molar-refractivity contribution in [2.45, 2.75) is 31.6 Å². The summed E-state index contributed by atoms with van der Waals surface area (Å²) in [7, 11) is 0. The lowest BCUT2D eigenvalue weighted by atomic mass is 9.97. The normalized spacial score (nSPS) is 24.9. The minimum Gasteiger partial charge on any atom is -0.463 e. The molecule has 4 heteroatoms. The van der Waals surface area contributed by atoms with Gasteiger partial charge in [-0.25, -0.2) is 4.79 Å². The van der Waals surface area contributed by atoms with Crippen LogP contribution < -0.4 is 5.73 Å². The third-order valence-corrected chi connectivity index (χ3v) is 3.77. The van der Waals surface area contributed by atoms with Crippen LogP contribution in [-0.4, -0.2) is 18.0 Å². The second-order valence-electron chi connectivity index (χ2n) is 3.61. The summed E-state index contributed by atoms with van der Waals surface area (Å²) in [4.78, 5) is 12.9. The zero-order chi connectivity index (χ0) is 10.8. The van der Waals surface area contributed by atoms with Crippen LogP contribution in [0.25, 0.3) is 0 Å². The van der Waals surface area contributed by atoms with E-state index in [2.05, 4.69) is 6.08 Å². The zero-order valence-corrected chi connectivity index (χ0v) is 9.60. The van der Waals surface area contributed by atoms with Gasteiger partial charge in [0.2, 0.25) is 0 Å². The monoisotopic (exact) mass is 225 g/mol. The number of hydrogen-bond acceptors (Lipinski definition) is 4. The van der Waals surface area contributed by atoms with Crippen molar-refractivity contribution in [3.05, 3.63) is 22.1 Å². The van der Waals surface area contributed by atoms with E-state index in [1.807, 2.05) is 6.92 Å². The molecule has 82 valence electrons. The molecule has 0 aromatic carbocycles. The van der Waals surface area contributed by atoms with Gasteiger partial charge in [0.15, 0.2) is 0 Å². The molecular weight excluding hydrogens is 210 g/mol. The third kappa shape index (κ3) is 1.96. The van der Waals surface area contributed by atoms with Crippen LogP contribution in [0.3, 0.4) is 0 Å². The predicted octanol–water partition coefficient (Wildman–Crippen LogP) is 1.95. The first-order chi connectivity index (χ1) is 7.24. The van der Waals surface area contributed by atoms with Gasteiger partial charge in [-0.2, -0.15) is 0 Å².